The van der Waals surface area contributed by atoms with E-state index >= 15 is 0 Å². The number of hydrogen-bond donors (Lipinski definition) is 1. The molecule has 0 radical (unpaired) electrons. The summed E-state index contributed by atoms with van der Waals surface area (Å²) in [6.45, 7) is 4.82. The van der Waals surface area contributed by atoms with E-state index in [9.17, 15) is 4.79 Å². The summed E-state index contributed by atoms with van der Waals surface area (Å²) in [6, 6.07) is -0.378. The molecule has 96 valence electrons. The quantitative estimate of drug-likeness (QED) is 0.838. The highest BCUT2D eigenvalue weighted by Gasteiger charge is 2.18. The molecule has 1 amide bonds. The lowest BCUT2D eigenvalue weighted by Crippen LogP contribution is -2.43. The van der Waals surface area contributed by atoms with Gasteiger partial charge in [-0.15, -0.1) is 11.3 Å². The number of aromatic nitrogens is 1. The zero-order valence-corrected chi connectivity index (χ0v) is 11.5. The van der Waals surface area contributed by atoms with Crippen molar-refractivity contribution < 1.29 is 4.79 Å². The van der Waals surface area contributed by atoms with Gasteiger partial charge in [0.05, 0.1) is 11.0 Å². The van der Waals surface area contributed by atoms with Crippen molar-refractivity contribution in [3.05, 3.63) is 16.6 Å². The number of nitrogens with two attached hydrogens (primary N) is 1. The molecule has 0 saturated heterocycles. The van der Waals surface area contributed by atoms with Gasteiger partial charge < -0.3 is 10.6 Å². The van der Waals surface area contributed by atoms with Gasteiger partial charge in [0.15, 0.2) is 0 Å². The lowest BCUT2D eigenvalue weighted by Gasteiger charge is -2.21. The van der Waals surface area contributed by atoms with Crippen molar-refractivity contribution in [3.63, 3.8) is 0 Å². The molecule has 0 saturated carbocycles. The highest BCUT2D eigenvalue weighted by atomic mass is 32.1. The van der Waals surface area contributed by atoms with Gasteiger partial charge in [0.25, 0.3) is 0 Å². The largest absolute Gasteiger partial charge is 0.344 e. The number of carbonyl (C=O) groups is 1. The van der Waals surface area contributed by atoms with Gasteiger partial charge in [0, 0.05) is 31.6 Å². The molecule has 1 atom stereocenters. The first kappa shape index (κ1) is 14.1. The molecule has 0 bridgehead atoms. The zero-order valence-electron chi connectivity index (χ0n) is 10.7. The van der Waals surface area contributed by atoms with E-state index in [2.05, 4.69) is 18.8 Å². The maximum Gasteiger partial charge on any atom is 0.239 e. The number of hydrogen-bond acceptors (Lipinski definition) is 4. The predicted octanol–water partition coefficient (Wildman–Crippen LogP) is 1.52. The van der Waals surface area contributed by atoms with Gasteiger partial charge in [-0.3, -0.25) is 4.79 Å². The van der Waals surface area contributed by atoms with Crippen LogP contribution < -0.4 is 5.73 Å². The molecule has 17 heavy (non-hydrogen) atoms. The molecule has 0 aromatic carbocycles. The molecular weight excluding hydrogens is 234 g/mol. The number of carbonyl (C=O) groups excluding carboxylic acids is 1. The van der Waals surface area contributed by atoms with Crippen molar-refractivity contribution >= 4 is 17.2 Å². The maximum atomic E-state index is 11.9. The number of amides is 1. The van der Waals surface area contributed by atoms with Crippen LogP contribution in [0, 0.1) is 5.92 Å². The van der Waals surface area contributed by atoms with Gasteiger partial charge in [-0.2, -0.15) is 0 Å². The Morgan fingerprint density at radius 3 is 2.82 bits per heavy atom. The minimum atomic E-state index is -0.378. The first-order chi connectivity index (χ1) is 8.00. The van der Waals surface area contributed by atoms with Crippen molar-refractivity contribution in [2.45, 2.75) is 32.7 Å². The van der Waals surface area contributed by atoms with Gasteiger partial charge in [0.1, 0.15) is 0 Å². The van der Waals surface area contributed by atoms with Crippen molar-refractivity contribution in [3.8, 4) is 0 Å². The van der Waals surface area contributed by atoms with E-state index < -0.39 is 0 Å². The molecule has 0 spiro atoms. The first-order valence-corrected chi connectivity index (χ1v) is 6.77. The van der Waals surface area contributed by atoms with E-state index in [1.807, 2.05) is 5.38 Å². The molecule has 1 aromatic rings. The summed E-state index contributed by atoms with van der Waals surface area (Å²) in [5.74, 6) is 0.469. The third-order valence-corrected chi connectivity index (χ3v) is 3.40. The second-order valence-corrected chi connectivity index (χ2v) is 5.65. The highest BCUT2D eigenvalue weighted by Crippen LogP contribution is 2.08. The van der Waals surface area contributed by atoms with Crippen LogP contribution in [-0.4, -0.2) is 35.4 Å². The fourth-order valence-corrected chi connectivity index (χ4v) is 2.25. The van der Waals surface area contributed by atoms with Gasteiger partial charge in [-0.05, 0) is 12.3 Å². The van der Waals surface area contributed by atoms with Crippen molar-refractivity contribution in [1.82, 2.24) is 9.88 Å². The second kappa shape index (κ2) is 6.71. The summed E-state index contributed by atoms with van der Waals surface area (Å²) in [5, 5.41) is 3.00. The van der Waals surface area contributed by atoms with Crippen LogP contribution in [-0.2, 0) is 11.2 Å². The Morgan fingerprint density at radius 2 is 2.29 bits per heavy atom. The molecule has 5 heteroatoms. The predicted molar refractivity (Wildman–Crippen MR) is 70.9 cm³/mol. The van der Waals surface area contributed by atoms with E-state index in [0.29, 0.717) is 12.5 Å². The number of rotatable bonds is 6. The van der Waals surface area contributed by atoms with Gasteiger partial charge in [-0.1, -0.05) is 13.8 Å². The lowest BCUT2D eigenvalue weighted by atomic mass is 10.0. The minimum Gasteiger partial charge on any atom is -0.344 e. The lowest BCUT2D eigenvalue weighted by molar-refractivity contribution is -0.131. The summed E-state index contributed by atoms with van der Waals surface area (Å²) in [7, 11) is 1.80. The Morgan fingerprint density at radius 1 is 1.59 bits per heavy atom. The van der Waals surface area contributed by atoms with E-state index in [0.717, 1.165) is 17.8 Å². The Bertz CT molecular complexity index is 338. The van der Waals surface area contributed by atoms with Crippen LogP contribution in [0.4, 0.5) is 0 Å². The fraction of sp³-hybridized carbons (Fsp3) is 0.667. The molecule has 1 rings (SSSR count). The Hall–Kier alpha value is -0.940. The van der Waals surface area contributed by atoms with Crippen LogP contribution in [0.2, 0.25) is 0 Å². The summed E-state index contributed by atoms with van der Waals surface area (Å²) < 4.78 is 0. The number of nitrogens with zero attached hydrogens (tertiary/aromatic N) is 2. The third kappa shape index (κ3) is 4.83. The average molecular weight is 255 g/mol. The smallest absolute Gasteiger partial charge is 0.239 e. The minimum absolute atomic E-state index is 0.0234. The molecule has 1 aromatic heterocycles. The second-order valence-electron chi connectivity index (χ2n) is 4.67. The van der Waals surface area contributed by atoms with E-state index in [1.54, 1.807) is 29.5 Å². The SMILES string of the molecule is CC(C)C[C@H](N)C(=O)N(C)CCc1nccs1. The van der Waals surface area contributed by atoms with Crippen LogP contribution in [0.3, 0.4) is 0 Å². The molecule has 1 heterocycles. The molecule has 0 aliphatic carbocycles. The van der Waals surface area contributed by atoms with Gasteiger partial charge >= 0.3 is 0 Å². The Labute approximate surface area is 107 Å². The summed E-state index contributed by atoms with van der Waals surface area (Å²) >= 11 is 1.62. The van der Waals surface area contributed by atoms with Crippen molar-refractivity contribution in [1.29, 1.82) is 0 Å². The third-order valence-electron chi connectivity index (χ3n) is 2.56. The topological polar surface area (TPSA) is 59.2 Å². The molecule has 4 nitrogen and oxygen atoms in total. The standard InChI is InChI=1S/C12H21N3OS/c1-9(2)8-10(13)12(16)15(3)6-4-11-14-5-7-17-11/h5,7,9-10H,4,6,8,13H2,1-3H3/t10-/m0/s1. The molecule has 0 unspecified atom stereocenters. The number of thiazole rings is 1. The average Bonchev–Trinajstić information content (AvgIpc) is 2.76. The van der Waals surface area contributed by atoms with Crippen molar-refractivity contribution in [2.75, 3.05) is 13.6 Å². The van der Waals surface area contributed by atoms with E-state index in [4.69, 9.17) is 5.73 Å². The van der Waals surface area contributed by atoms with Crippen LogP contribution in [0.5, 0.6) is 0 Å². The molecule has 0 aliphatic heterocycles. The Balaban J connectivity index is 2.36. The van der Waals surface area contributed by atoms with Crippen molar-refractivity contribution in [2.24, 2.45) is 11.7 Å². The van der Waals surface area contributed by atoms with E-state index in [-0.39, 0.29) is 11.9 Å². The molecular formula is C12H21N3OS. The summed E-state index contributed by atoms with van der Waals surface area (Å²) in [6.07, 6.45) is 3.32. The number of likely N-dealkylation sites (N-methyl/N-ethyl adjacent to an activating group) is 1. The van der Waals surface area contributed by atoms with Gasteiger partial charge in [-0.25, -0.2) is 4.98 Å². The first-order valence-electron chi connectivity index (χ1n) is 5.89. The fourth-order valence-electron chi connectivity index (χ4n) is 1.64. The Kier molecular flexibility index (Phi) is 5.58. The summed E-state index contributed by atoms with van der Waals surface area (Å²) in [5.41, 5.74) is 5.86. The monoisotopic (exact) mass is 255 g/mol. The molecule has 0 aliphatic rings. The highest BCUT2D eigenvalue weighted by molar-refractivity contribution is 7.09. The van der Waals surface area contributed by atoms with Crippen LogP contribution >= 0.6 is 11.3 Å². The van der Waals surface area contributed by atoms with Crippen LogP contribution in [0.15, 0.2) is 11.6 Å². The maximum absolute atomic E-state index is 11.9. The van der Waals surface area contributed by atoms with Crippen LogP contribution in [0.25, 0.3) is 0 Å². The molecule has 0 fully saturated rings. The molecule has 2 N–H and O–H groups in total. The van der Waals surface area contributed by atoms with Crippen LogP contribution in [0.1, 0.15) is 25.3 Å². The zero-order chi connectivity index (χ0) is 12.8. The van der Waals surface area contributed by atoms with Gasteiger partial charge in [0.2, 0.25) is 5.91 Å². The van der Waals surface area contributed by atoms with E-state index in [1.165, 1.54) is 0 Å². The normalized spacial score (nSPS) is 12.8. The summed E-state index contributed by atoms with van der Waals surface area (Å²) in [4.78, 5) is 17.8.